The van der Waals surface area contributed by atoms with E-state index in [2.05, 4.69) is 31.2 Å². The summed E-state index contributed by atoms with van der Waals surface area (Å²) in [5.41, 5.74) is 1.25. The van der Waals surface area contributed by atoms with Gasteiger partial charge in [0.15, 0.2) is 0 Å². The minimum Gasteiger partial charge on any atom is -0.494 e. The Morgan fingerprint density at radius 2 is 1.76 bits per heavy atom. The second kappa shape index (κ2) is 8.86. The van der Waals surface area contributed by atoms with Crippen LogP contribution in [0.3, 0.4) is 0 Å². The molecule has 1 heteroatoms. The van der Waals surface area contributed by atoms with Crippen LogP contribution in [0.15, 0.2) is 30.3 Å². The largest absolute Gasteiger partial charge is 0.494 e. The van der Waals surface area contributed by atoms with Gasteiger partial charge in [0.2, 0.25) is 0 Å². The van der Waals surface area contributed by atoms with Crippen molar-refractivity contribution < 1.29 is 4.74 Å². The van der Waals surface area contributed by atoms with Crippen LogP contribution in [0.5, 0.6) is 5.75 Å². The Bertz CT molecular complexity index is 311. The van der Waals surface area contributed by atoms with Crippen LogP contribution in [0.25, 0.3) is 6.08 Å². The number of benzene rings is 1. The number of rotatable bonds is 8. The summed E-state index contributed by atoms with van der Waals surface area (Å²) >= 11 is 0. The molecule has 0 aliphatic heterocycles. The van der Waals surface area contributed by atoms with Crippen LogP contribution in [-0.2, 0) is 0 Å². The molecule has 0 aromatic heterocycles. The Hall–Kier alpha value is -1.24. The third-order valence-electron chi connectivity index (χ3n) is 2.73. The highest BCUT2D eigenvalue weighted by molar-refractivity contribution is 5.50. The standard InChI is InChI=1S/C16H24O/c1-3-5-6-7-8-9-10-15-11-13-16(14-12-15)17-4-2/h9-14H,3-8H2,1-2H3/b10-9+. The molecule has 1 rings (SSSR count). The first-order chi connectivity index (χ1) is 8.36. The summed E-state index contributed by atoms with van der Waals surface area (Å²) in [6, 6.07) is 8.27. The van der Waals surface area contributed by atoms with Gasteiger partial charge in [-0.05, 0) is 37.5 Å². The van der Waals surface area contributed by atoms with E-state index in [4.69, 9.17) is 4.74 Å². The van der Waals surface area contributed by atoms with Gasteiger partial charge >= 0.3 is 0 Å². The van der Waals surface area contributed by atoms with Gasteiger partial charge < -0.3 is 4.74 Å². The molecule has 0 N–H and O–H groups in total. The quantitative estimate of drug-likeness (QED) is 0.569. The maximum Gasteiger partial charge on any atom is 0.119 e. The molecule has 0 amide bonds. The molecule has 94 valence electrons. The van der Waals surface area contributed by atoms with Gasteiger partial charge in [0.05, 0.1) is 6.61 Å². The summed E-state index contributed by atoms with van der Waals surface area (Å²) in [6.07, 6.45) is 11.0. The molecule has 0 saturated heterocycles. The van der Waals surface area contributed by atoms with E-state index < -0.39 is 0 Å². The lowest BCUT2D eigenvalue weighted by Crippen LogP contribution is -1.90. The predicted octanol–water partition coefficient (Wildman–Crippen LogP) is 5.07. The molecule has 0 fully saturated rings. The Morgan fingerprint density at radius 1 is 1.00 bits per heavy atom. The fourth-order valence-electron chi connectivity index (χ4n) is 1.75. The van der Waals surface area contributed by atoms with Crippen LogP contribution in [0.4, 0.5) is 0 Å². The highest BCUT2D eigenvalue weighted by Crippen LogP contribution is 2.13. The fourth-order valence-corrected chi connectivity index (χ4v) is 1.75. The van der Waals surface area contributed by atoms with E-state index in [0.717, 1.165) is 12.4 Å². The first-order valence-corrected chi connectivity index (χ1v) is 6.76. The van der Waals surface area contributed by atoms with Crippen molar-refractivity contribution in [1.29, 1.82) is 0 Å². The van der Waals surface area contributed by atoms with Crippen molar-refractivity contribution in [2.75, 3.05) is 6.61 Å². The van der Waals surface area contributed by atoms with Crippen LogP contribution in [0.1, 0.15) is 51.5 Å². The predicted molar refractivity (Wildman–Crippen MR) is 75.4 cm³/mol. The zero-order valence-corrected chi connectivity index (χ0v) is 11.1. The molecular weight excluding hydrogens is 208 g/mol. The van der Waals surface area contributed by atoms with E-state index in [-0.39, 0.29) is 0 Å². The summed E-state index contributed by atoms with van der Waals surface area (Å²) in [5.74, 6) is 0.951. The van der Waals surface area contributed by atoms with Crippen molar-refractivity contribution in [2.24, 2.45) is 0 Å². The zero-order valence-electron chi connectivity index (χ0n) is 11.1. The van der Waals surface area contributed by atoms with Crippen molar-refractivity contribution in [3.8, 4) is 5.75 Å². The van der Waals surface area contributed by atoms with Crippen molar-refractivity contribution in [3.05, 3.63) is 35.9 Å². The Morgan fingerprint density at radius 3 is 2.41 bits per heavy atom. The minimum atomic E-state index is 0.729. The van der Waals surface area contributed by atoms with E-state index in [9.17, 15) is 0 Å². The maximum absolute atomic E-state index is 5.41. The molecule has 0 aliphatic rings. The maximum atomic E-state index is 5.41. The average Bonchev–Trinajstić information content (AvgIpc) is 2.36. The van der Waals surface area contributed by atoms with Crippen molar-refractivity contribution >= 4 is 6.08 Å². The third kappa shape index (κ3) is 6.15. The van der Waals surface area contributed by atoms with Gasteiger partial charge in [-0.25, -0.2) is 0 Å². The summed E-state index contributed by atoms with van der Waals surface area (Å²) in [5, 5.41) is 0. The van der Waals surface area contributed by atoms with Crippen molar-refractivity contribution in [1.82, 2.24) is 0 Å². The van der Waals surface area contributed by atoms with Crippen LogP contribution in [-0.4, -0.2) is 6.61 Å². The fraction of sp³-hybridized carbons (Fsp3) is 0.500. The Balaban J connectivity index is 2.28. The van der Waals surface area contributed by atoms with Crippen LogP contribution >= 0.6 is 0 Å². The molecule has 0 bridgehead atoms. The monoisotopic (exact) mass is 232 g/mol. The highest BCUT2D eigenvalue weighted by Gasteiger charge is 1.91. The lowest BCUT2D eigenvalue weighted by molar-refractivity contribution is 0.340. The van der Waals surface area contributed by atoms with E-state index in [0.29, 0.717) is 0 Å². The molecule has 0 heterocycles. The molecule has 17 heavy (non-hydrogen) atoms. The number of hydrogen-bond acceptors (Lipinski definition) is 1. The van der Waals surface area contributed by atoms with Gasteiger partial charge in [0, 0.05) is 0 Å². The first-order valence-electron chi connectivity index (χ1n) is 6.76. The van der Waals surface area contributed by atoms with Gasteiger partial charge in [0.25, 0.3) is 0 Å². The normalized spacial score (nSPS) is 10.9. The lowest BCUT2D eigenvalue weighted by atomic mass is 10.1. The molecular formula is C16H24O. The summed E-state index contributed by atoms with van der Waals surface area (Å²) in [4.78, 5) is 0. The molecule has 0 unspecified atom stereocenters. The number of ether oxygens (including phenoxy) is 1. The van der Waals surface area contributed by atoms with E-state index in [1.165, 1.54) is 37.7 Å². The molecule has 0 saturated carbocycles. The molecule has 0 atom stereocenters. The van der Waals surface area contributed by atoms with Gasteiger partial charge in [0.1, 0.15) is 5.75 Å². The SMILES string of the molecule is CCCCCC/C=C/c1ccc(OCC)cc1. The molecule has 1 aromatic rings. The second-order valence-electron chi connectivity index (χ2n) is 4.25. The van der Waals surface area contributed by atoms with Gasteiger partial charge in [-0.3, -0.25) is 0 Å². The van der Waals surface area contributed by atoms with Crippen LogP contribution < -0.4 is 4.74 Å². The first kappa shape index (κ1) is 13.8. The molecule has 1 nitrogen and oxygen atoms in total. The topological polar surface area (TPSA) is 9.23 Å². The number of unbranched alkanes of at least 4 members (excludes halogenated alkanes) is 4. The van der Waals surface area contributed by atoms with Crippen molar-refractivity contribution in [2.45, 2.75) is 46.0 Å². The molecule has 1 aromatic carbocycles. The van der Waals surface area contributed by atoms with Crippen LogP contribution in [0, 0.1) is 0 Å². The Kier molecular flexibility index (Phi) is 7.20. The zero-order chi connectivity index (χ0) is 12.3. The van der Waals surface area contributed by atoms with E-state index in [1.54, 1.807) is 0 Å². The van der Waals surface area contributed by atoms with Gasteiger partial charge in [-0.15, -0.1) is 0 Å². The lowest BCUT2D eigenvalue weighted by Gasteiger charge is -2.02. The Labute approximate surface area is 106 Å². The summed E-state index contributed by atoms with van der Waals surface area (Å²) < 4.78 is 5.41. The highest BCUT2D eigenvalue weighted by atomic mass is 16.5. The van der Waals surface area contributed by atoms with E-state index >= 15 is 0 Å². The average molecular weight is 232 g/mol. The number of allylic oxidation sites excluding steroid dienone is 1. The summed E-state index contributed by atoms with van der Waals surface area (Å²) in [7, 11) is 0. The van der Waals surface area contributed by atoms with Crippen LogP contribution in [0.2, 0.25) is 0 Å². The van der Waals surface area contributed by atoms with Gasteiger partial charge in [-0.2, -0.15) is 0 Å². The third-order valence-corrected chi connectivity index (χ3v) is 2.73. The van der Waals surface area contributed by atoms with Gasteiger partial charge in [-0.1, -0.05) is 50.5 Å². The summed E-state index contributed by atoms with van der Waals surface area (Å²) in [6.45, 7) is 4.98. The second-order valence-corrected chi connectivity index (χ2v) is 4.25. The molecule has 0 radical (unpaired) electrons. The molecule has 0 aliphatic carbocycles. The number of hydrogen-bond donors (Lipinski definition) is 0. The van der Waals surface area contributed by atoms with E-state index in [1.807, 2.05) is 19.1 Å². The van der Waals surface area contributed by atoms with Crippen molar-refractivity contribution in [3.63, 3.8) is 0 Å². The molecule has 0 spiro atoms. The minimum absolute atomic E-state index is 0.729. The smallest absolute Gasteiger partial charge is 0.119 e.